The summed E-state index contributed by atoms with van der Waals surface area (Å²) in [7, 11) is 0. The number of hydrogen-bond acceptors (Lipinski definition) is 4. The van der Waals surface area contributed by atoms with Crippen molar-refractivity contribution in [3.63, 3.8) is 0 Å². The highest BCUT2D eigenvalue weighted by molar-refractivity contribution is 5.99. The molecule has 1 amide bonds. The van der Waals surface area contributed by atoms with Crippen molar-refractivity contribution < 1.29 is 14.3 Å². The molecule has 0 unspecified atom stereocenters. The lowest BCUT2D eigenvalue weighted by molar-refractivity contribution is -0.117. The largest absolute Gasteiger partial charge is 0.380 e. The number of rotatable bonds is 6. The molecule has 31 heavy (non-hydrogen) atoms. The van der Waals surface area contributed by atoms with Crippen LogP contribution in [0.15, 0.2) is 48.7 Å². The highest BCUT2D eigenvalue weighted by Crippen LogP contribution is 2.34. The molecule has 158 valence electrons. The van der Waals surface area contributed by atoms with E-state index in [9.17, 15) is 9.59 Å². The summed E-state index contributed by atoms with van der Waals surface area (Å²) >= 11 is 0. The van der Waals surface area contributed by atoms with E-state index in [-0.39, 0.29) is 23.0 Å². The lowest BCUT2D eigenvalue weighted by Crippen LogP contribution is -2.41. The highest BCUT2D eigenvalue weighted by atomic mass is 16.5. The minimum absolute atomic E-state index is 0.0383. The minimum atomic E-state index is -0.0383. The van der Waals surface area contributed by atoms with Crippen molar-refractivity contribution in [3.05, 3.63) is 59.8 Å². The zero-order chi connectivity index (χ0) is 21.6. The lowest BCUT2D eigenvalue weighted by Gasteiger charge is -2.37. The van der Waals surface area contributed by atoms with Crippen molar-refractivity contribution in [2.75, 3.05) is 18.5 Å². The first kappa shape index (κ1) is 19.9. The second kappa shape index (κ2) is 7.57. The standard InChI is InChI=1S/C26H26N2O3/c1-16-3-4-20(23(29)12-26(2)14-31-15-26)10-22(16)19-8-7-18-11-24(27-13-21(18)9-19)28-25(30)17-5-6-17/h3-4,7-11,13,17H,5-6,12,14-15H2,1-2H3,(H,27,28,30). The van der Waals surface area contributed by atoms with Crippen LogP contribution in [0.2, 0.25) is 0 Å². The number of nitrogens with one attached hydrogen (secondary N) is 1. The Hall–Kier alpha value is -3.05. The summed E-state index contributed by atoms with van der Waals surface area (Å²) < 4.78 is 5.29. The average molecular weight is 415 g/mol. The fourth-order valence-corrected chi connectivity index (χ4v) is 4.10. The van der Waals surface area contributed by atoms with Crippen LogP contribution in [0.1, 0.15) is 42.1 Å². The molecule has 0 spiro atoms. The van der Waals surface area contributed by atoms with Crippen molar-refractivity contribution in [2.45, 2.75) is 33.1 Å². The zero-order valence-corrected chi connectivity index (χ0v) is 17.9. The van der Waals surface area contributed by atoms with Crippen LogP contribution in [0.3, 0.4) is 0 Å². The first-order chi connectivity index (χ1) is 14.9. The molecule has 1 aliphatic heterocycles. The molecule has 0 radical (unpaired) electrons. The Balaban J connectivity index is 1.41. The van der Waals surface area contributed by atoms with E-state index in [2.05, 4.69) is 36.3 Å². The van der Waals surface area contributed by atoms with Gasteiger partial charge in [0.05, 0.1) is 13.2 Å². The summed E-state index contributed by atoms with van der Waals surface area (Å²) in [6.07, 6.45) is 4.24. The molecule has 2 heterocycles. The number of amides is 1. The molecule has 1 N–H and O–H groups in total. The third kappa shape index (κ3) is 4.10. The molecule has 5 heteroatoms. The second-order valence-electron chi connectivity index (χ2n) is 9.33. The minimum Gasteiger partial charge on any atom is -0.380 e. The number of ether oxygens (including phenoxy) is 1. The molecule has 0 atom stereocenters. The number of aryl methyl sites for hydroxylation is 1. The van der Waals surface area contributed by atoms with Gasteiger partial charge in [-0.2, -0.15) is 0 Å². The fraction of sp³-hybridized carbons (Fsp3) is 0.346. The average Bonchev–Trinajstić information content (AvgIpc) is 3.58. The molecule has 5 rings (SSSR count). The molecule has 2 aliphatic rings. The molecule has 5 nitrogen and oxygen atoms in total. The van der Waals surface area contributed by atoms with Gasteiger partial charge in [-0.3, -0.25) is 9.59 Å². The van der Waals surface area contributed by atoms with E-state index in [0.717, 1.165) is 45.9 Å². The molecule has 2 fully saturated rings. The molecule has 2 aromatic carbocycles. The first-order valence-corrected chi connectivity index (χ1v) is 10.8. The van der Waals surface area contributed by atoms with Crippen LogP contribution in [0.5, 0.6) is 0 Å². The number of carbonyl (C=O) groups is 2. The van der Waals surface area contributed by atoms with Gasteiger partial charge in [0.2, 0.25) is 5.91 Å². The van der Waals surface area contributed by atoms with E-state index in [1.165, 1.54) is 0 Å². The van der Waals surface area contributed by atoms with Crippen molar-refractivity contribution in [2.24, 2.45) is 11.3 Å². The molecule has 0 bridgehead atoms. The topological polar surface area (TPSA) is 68.3 Å². The van der Waals surface area contributed by atoms with Crippen LogP contribution < -0.4 is 5.32 Å². The third-order valence-corrected chi connectivity index (χ3v) is 6.28. The maximum Gasteiger partial charge on any atom is 0.228 e. The summed E-state index contributed by atoms with van der Waals surface area (Å²) in [6, 6.07) is 14.0. The van der Waals surface area contributed by atoms with E-state index in [0.29, 0.717) is 25.5 Å². The molecule has 1 saturated heterocycles. The number of fused-ring (bicyclic) bond motifs is 1. The summed E-state index contributed by atoms with van der Waals surface area (Å²) in [4.78, 5) is 29.3. The number of anilines is 1. The first-order valence-electron chi connectivity index (χ1n) is 10.8. The van der Waals surface area contributed by atoms with E-state index in [1.54, 1.807) is 6.20 Å². The van der Waals surface area contributed by atoms with Crippen LogP contribution in [0, 0.1) is 18.3 Å². The SMILES string of the molecule is Cc1ccc(C(=O)CC2(C)COC2)cc1-c1ccc2cc(NC(=O)C3CC3)ncc2c1. The fourth-order valence-electron chi connectivity index (χ4n) is 4.10. The molecule has 1 aliphatic carbocycles. The van der Waals surface area contributed by atoms with Gasteiger partial charge in [-0.25, -0.2) is 4.98 Å². The maximum absolute atomic E-state index is 12.8. The summed E-state index contributed by atoms with van der Waals surface area (Å²) in [5, 5.41) is 4.92. The maximum atomic E-state index is 12.8. The number of pyridine rings is 1. The van der Waals surface area contributed by atoms with Crippen LogP contribution in [-0.2, 0) is 9.53 Å². The number of benzene rings is 2. The number of Topliss-reactive ketones (excluding diaryl/α,β-unsaturated/α-hetero) is 1. The van der Waals surface area contributed by atoms with Crippen LogP contribution in [0.4, 0.5) is 5.82 Å². The predicted molar refractivity (Wildman–Crippen MR) is 121 cm³/mol. The van der Waals surface area contributed by atoms with Crippen LogP contribution in [-0.4, -0.2) is 29.9 Å². The zero-order valence-electron chi connectivity index (χ0n) is 17.9. The number of nitrogens with zero attached hydrogens (tertiary/aromatic N) is 1. The number of hydrogen-bond donors (Lipinski definition) is 1. The second-order valence-corrected chi connectivity index (χ2v) is 9.33. The van der Waals surface area contributed by atoms with Gasteiger partial charge in [-0.1, -0.05) is 31.2 Å². The van der Waals surface area contributed by atoms with Crippen LogP contribution in [0.25, 0.3) is 21.9 Å². The quantitative estimate of drug-likeness (QED) is 0.565. The lowest BCUT2D eigenvalue weighted by atomic mass is 9.81. The highest BCUT2D eigenvalue weighted by Gasteiger charge is 2.35. The Morgan fingerprint density at radius 1 is 1.10 bits per heavy atom. The van der Waals surface area contributed by atoms with Gasteiger partial charge in [0, 0.05) is 34.9 Å². The van der Waals surface area contributed by atoms with Gasteiger partial charge in [-0.05, 0) is 60.0 Å². The van der Waals surface area contributed by atoms with Crippen molar-refractivity contribution in [1.29, 1.82) is 0 Å². The van der Waals surface area contributed by atoms with Gasteiger partial charge >= 0.3 is 0 Å². The Labute approximate surface area is 181 Å². The Bertz CT molecular complexity index is 1190. The summed E-state index contributed by atoms with van der Waals surface area (Å²) in [6.45, 7) is 5.46. The van der Waals surface area contributed by atoms with Gasteiger partial charge in [-0.15, -0.1) is 0 Å². The molecule has 1 aromatic heterocycles. The smallest absolute Gasteiger partial charge is 0.228 e. The molecular formula is C26H26N2O3. The summed E-state index contributed by atoms with van der Waals surface area (Å²) in [5.74, 6) is 0.958. The monoisotopic (exact) mass is 414 g/mol. The summed E-state index contributed by atoms with van der Waals surface area (Å²) in [5.41, 5.74) is 3.92. The van der Waals surface area contributed by atoms with Crippen molar-refractivity contribution in [3.8, 4) is 11.1 Å². The van der Waals surface area contributed by atoms with Crippen molar-refractivity contribution >= 4 is 28.3 Å². The normalized spacial score (nSPS) is 17.2. The van der Waals surface area contributed by atoms with Gasteiger partial charge in [0.15, 0.2) is 5.78 Å². The Kier molecular flexibility index (Phi) is 4.86. The predicted octanol–water partition coefficient (Wildman–Crippen LogP) is 5.17. The molecule has 3 aromatic rings. The van der Waals surface area contributed by atoms with E-state index < -0.39 is 0 Å². The van der Waals surface area contributed by atoms with E-state index in [1.807, 2.05) is 30.3 Å². The third-order valence-electron chi connectivity index (χ3n) is 6.28. The van der Waals surface area contributed by atoms with E-state index in [4.69, 9.17) is 4.74 Å². The Morgan fingerprint density at radius 3 is 2.61 bits per heavy atom. The molecular weight excluding hydrogens is 388 g/mol. The molecule has 1 saturated carbocycles. The Morgan fingerprint density at radius 2 is 1.90 bits per heavy atom. The number of aromatic nitrogens is 1. The van der Waals surface area contributed by atoms with Gasteiger partial charge < -0.3 is 10.1 Å². The van der Waals surface area contributed by atoms with E-state index >= 15 is 0 Å². The number of ketones is 1. The van der Waals surface area contributed by atoms with Crippen molar-refractivity contribution in [1.82, 2.24) is 4.98 Å². The van der Waals surface area contributed by atoms with Gasteiger partial charge in [0.25, 0.3) is 0 Å². The van der Waals surface area contributed by atoms with Gasteiger partial charge in [0.1, 0.15) is 5.82 Å². The van der Waals surface area contributed by atoms with Crippen LogP contribution >= 0.6 is 0 Å². The number of carbonyl (C=O) groups excluding carboxylic acids is 2.